The van der Waals surface area contributed by atoms with Crippen LogP contribution in [0.2, 0.25) is 10.0 Å². The van der Waals surface area contributed by atoms with E-state index in [1.807, 2.05) is 24.3 Å². The molecule has 2 aromatic carbocycles. The van der Waals surface area contributed by atoms with E-state index < -0.39 is 0 Å². The summed E-state index contributed by atoms with van der Waals surface area (Å²) in [6, 6.07) is 16.7. The highest BCUT2D eigenvalue weighted by Gasteiger charge is 2.52. The van der Waals surface area contributed by atoms with Gasteiger partial charge in [0.25, 0.3) is 0 Å². The Bertz CT molecular complexity index is 834. The molecule has 2 aromatic rings. The van der Waals surface area contributed by atoms with Gasteiger partial charge in [-0.3, -0.25) is 0 Å². The maximum atomic E-state index is 6.20. The fourth-order valence-electron chi connectivity index (χ4n) is 4.19. The van der Waals surface area contributed by atoms with Crippen LogP contribution in [-0.4, -0.2) is 16.6 Å². The van der Waals surface area contributed by atoms with Crippen LogP contribution in [0.5, 0.6) is 0 Å². The summed E-state index contributed by atoms with van der Waals surface area (Å²) >= 11 is 12.4. The summed E-state index contributed by atoms with van der Waals surface area (Å²) in [5.74, 6) is 0. The molecular formula is C22H24Cl2P2. The van der Waals surface area contributed by atoms with Crippen molar-refractivity contribution in [1.82, 2.24) is 0 Å². The summed E-state index contributed by atoms with van der Waals surface area (Å²) in [5, 5.41) is 2.95. The van der Waals surface area contributed by atoms with E-state index in [9.17, 15) is 0 Å². The molecule has 136 valence electrons. The first-order valence-corrected chi connectivity index (χ1v) is 11.2. The molecular weight excluding hydrogens is 397 g/mol. The number of benzene rings is 2. The molecule has 0 nitrogen and oxygen atoms in total. The van der Waals surface area contributed by atoms with Crippen LogP contribution in [0.15, 0.2) is 59.7 Å². The zero-order valence-corrected chi connectivity index (χ0v) is 19.2. The Morgan fingerprint density at radius 2 is 1.31 bits per heavy atom. The Kier molecular flexibility index (Phi) is 5.73. The molecule has 2 unspecified atom stereocenters. The van der Waals surface area contributed by atoms with E-state index in [0.717, 1.165) is 16.2 Å². The van der Waals surface area contributed by atoms with Gasteiger partial charge in [-0.1, -0.05) is 61.2 Å². The molecule has 0 N–H and O–H groups in total. The van der Waals surface area contributed by atoms with Crippen LogP contribution in [0.25, 0.3) is 0 Å². The summed E-state index contributed by atoms with van der Waals surface area (Å²) in [4.78, 5) is 0. The average Bonchev–Trinajstić information content (AvgIpc) is 2.83. The fourth-order valence-corrected chi connectivity index (χ4v) is 7.37. The van der Waals surface area contributed by atoms with Crippen molar-refractivity contribution in [1.29, 1.82) is 0 Å². The molecule has 0 spiro atoms. The second-order valence-corrected chi connectivity index (χ2v) is 10.2. The lowest BCUT2D eigenvalue weighted by Crippen LogP contribution is -2.48. The molecule has 0 radical (unpaired) electrons. The molecule has 1 aliphatic heterocycles. The lowest BCUT2D eigenvalue weighted by atomic mass is 9.64. The van der Waals surface area contributed by atoms with Gasteiger partial charge in [0.05, 0.1) is 0 Å². The van der Waals surface area contributed by atoms with Crippen molar-refractivity contribution < 1.29 is 0 Å². The third-order valence-corrected chi connectivity index (χ3v) is 8.99. The molecule has 0 saturated heterocycles. The smallest absolute Gasteiger partial charge is 0.0448 e. The molecule has 26 heavy (non-hydrogen) atoms. The zero-order valence-electron chi connectivity index (χ0n) is 15.6. The maximum absolute atomic E-state index is 6.20. The van der Waals surface area contributed by atoms with Gasteiger partial charge in [-0.05, 0) is 80.1 Å². The van der Waals surface area contributed by atoms with Gasteiger partial charge < -0.3 is 0 Å². The summed E-state index contributed by atoms with van der Waals surface area (Å²) in [7, 11) is 4.37. The summed E-state index contributed by atoms with van der Waals surface area (Å²) in [6.07, 6.45) is 0.914. The molecule has 0 amide bonds. The van der Waals surface area contributed by atoms with Crippen molar-refractivity contribution in [2.24, 2.45) is 0 Å². The van der Waals surface area contributed by atoms with Crippen molar-refractivity contribution in [3.8, 4) is 0 Å². The van der Waals surface area contributed by atoms with Crippen LogP contribution < -0.4 is 0 Å². The van der Waals surface area contributed by atoms with Crippen LogP contribution in [0.3, 0.4) is 0 Å². The predicted octanol–water partition coefficient (Wildman–Crippen LogP) is 7.40. The minimum atomic E-state index is -0.183. The van der Waals surface area contributed by atoms with Crippen molar-refractivity contribution in [2.45, 2.75) is 38.3 Å². The highest BCUT2D eigenvalue weighted by Crippen LogP contribution is 2.57. The lowest BCUT2D eigenvalue weighted by molar-refractivity contribution is 0.473. The Morgan fingerprint density at radius 3 is 1.62 bits per heavy atom. The van der Waals surface area contributed by atoms with Crippen LogP contribution >= 0.6 is 40.6 Å². The van der Waals surface area contributed by atoms with E-state index in [1.54, 1.807) is 0 Å². The highest BCUT2D eigenvalue weighted by atomic mass is 35.5. The van der Waals surface area contributed by atoms with Gasteiger partial charge in [0, 0.05) is 20.6 Å². The van der Waals surface area contributed by atoms with Gasteiger partial charge in [-0.25, -0.2) is 0 Å². The number of hydrogen-bond donors (Lipinski definition) is 0. The molecule has 3 rings (SSSR count). The molecule has 0 aromatic heterocycles. The number of halogens is 2. The first-order chi connectivity index (χ1) is 12.3. The Balaban J connectivity index is 2.36. The number of rotatable bonds is 4. The van der Waals surface area contributed by atoms with Crippen molar-refractivity contribution in [2.75, 3.05) is 6.16 Å². The van der Waals surface area contributed by atoms with Gasteiger partial charge >= 0.3 is 0 Å². The summed E-state index contributed by atoms with van der Waals surface area (Å²) in [5.41, 5.74) is 5.29. The van der Waals surface area contributed by atoms with Gasteiger partial charge in [0.15, 0.2) is 0 Å². The topological polar surface area (TPSA) is 0 Å². The number of allylic oxidation sites excluding steroid dienone is 2. The molecule has 0 fully saturated rings. The van der Waals surface area contributed by atoms with Crippen LogP contribution in [0, 0.1) is 0 Å². The summed E-state index contributed by atoms with van der Waals surface area (Å²) < 4.78 is 0. The monoisotopic (exact) mass is 420 g/mol. The Hall–Kier alpha value is -0.640. The lowest BCUT2D eigenvalue weighted by Gasteiger charge is -2.47. The van der Waals surface area contributed by atoms with E-state index in [2.05, 4.69) is 61.2 Å². The third kappa shape index (κ3) is 3.00. The van der Waals surface area contributed by atoms with Crippen molar-refractivity contribution >= 4 is 45.9 Å². The zero-order chi connectivity index (χ0) is 19.1. The highest BCUT2D eigenvalue weighted by molar-refractivity contribution is 7.44. The standard InChI is InChI=1S/C22H24Cl2P2/c1-14-15(2)21(4,26-16(14)3)22(13-25,17-5-9-19(23)10-6-17)18-7-11-20(24)12-8-18/h5-12H,13,25H2,1-4H3. The van der Waals surface area contributed by atoms with Crippen LogP contribution in [0.1, 0.15) is 38.8 Å². The third-order valence-electron chi connectivity index (χ3n) is 6.04. The average molecular weight is 421 g/mol. The molecule has 0 saturated carbocycles. The molecule has 1 aliphatic rings. The van der Waals surface area contributed by atoms with Gasteiger partial charge in [0.2, 0.25) is 0 Å². The molecule has 4 heteroatoms. The normalized spacial score (nSPS) is 21.1. The van der Waals surface area contributed by atoms with Crippen molar-refractivity contribution in [3.63, 3.8) is 0 Å². The second kappa shape index (κ2) is 7.41. The first kappa shape index (κ1) is 20.1. The number of hydrogen-bond acceptors (Lipinski definition) is 0. The van der Waals surface area contributed by atoms with E-state index >= 15 is 0 Å². The SMILES string of the molecule is CC1=PC(C)(C(CP)(c2ccc(Cl)cc2)c2ccc(Cl)cc2)C(C)=C1C. The fraction of sp³-hybridized carbons (Fsp3) is 0.318. The van der Waals surface area contributed by atoms with E-state index in [-0.39, 0.29) is 10.6 Å². The largest absolute Gasteiger partial charge is 0.136 e. The Labute approximate surface area is 171 Å². The van der Waals surface area contributed by atoms with E-state index in [0.29, 0.717) is 0 Å². The van der Waals surface area contributed by atoms with Crippen LogP contribution in [-0.2, 0) is 5.41 Å². The van der Waals surface area contributed by atoms with Gasteiger partial charge in [-0.2, -0.15) is 0 Å². The van der Waals surface area contributed by atoms with Crippen LogP contribution in [0.4, 0.5) is 0 Å². The molecule has 0 aliphatic carbocycles. The molecule has 1 heterocycles. The first-order valence-electron chi connectivity index (χ1n) is 8.73. The minimum Gasteiger partial charge on any atom is -0.136 e. The van der Waals surface area contributed by atoms with Gasteiger partial charge in [-0.15, -0.1) is 9.24 Å². The van der Waals surface area contributed by atoms with Crippen molar-refractivity contribution in [3.05, 3.63) is 80.8 Å². The second-order valence-electron chi connectivity index (χ2n) is 7.14. The predicted molar refractivity (Wildman–Crippen MR) is 123 cm³/mol. The molecule has 2 atom stereocenters. The quantitative estimate of drug-likeness (QED) is 0.451. The van der Waals surface area contributed by atoms with E-state index in [4.69, 9.17) is 23.2 Å². The Morgan fingerprint density at radius 1 is 0.885 bits per heavy atom. The molecule has 0 bridgehead atoms. The van der Waals surface area contributed by atoms with E-state index in [1.165, 1.54) is 35.8 Å². The maximum Gasteiger partial charge on any atom is 0.0448 e. The summed E-state index contributed by atoms with van der Waals surface area (Å²) in [6.45, 7) is 9.19. The van der Waals surface area contributed by atoms with Gasteiger partial charge in [0.1, 0.15) is 0 Å². The minimum absolute atomic E-state index is 0.0371.